The number of nitrogens with zero attached hydrogens (tertiary/aromatic N) is 1. The zero-order valence-electron chi connectivity index (χ0n) is 13.2. The van der Waals surface area contributed by atoms with E-state index >= 15 is 0 Å². The second-order valence-corrected chi connectivity index (χ2v) is 6.78. The molecule has 3 rings (SSSR count). The highest BCUT2D eigenvalue weighted by Gasteiger charge is 2.44. The summed E-state index contributed by atoms with van der Waals surface area (Å²) in [4.78, 5) is 2.62. The molecule has 1 aliphatic carbocycles. The van der Waals surface area contributed by atoms with Gasteiger partial charge in [0.05, 0.1) is 12.2 Å². The fraction of sp³-hybridized carbons (Fsp3) is 1.00. The summed E-state index contributed by atoms with van der Waals surface area (Å²) in [6.07, 6.45) is 8.44. The van der Waals surface area contributed by atoms with Crippen molar-refractivity contribution in [3.8, 4) is 0 Å². The van der Waals surface area contributed by atoms with Crippen LogP contribution in [-0.4, -0.2) is 62.0 Å². The minimum Gasteiger partial charge on any atom is -0.377 e. The quantitative estimate of drug-likeness (QED) is 0.833. The van der Waals surface area contributed by atoms with E-state index in [1.165, 1.54) is 32.1 Å². The SMILES string of the molecule is CCOC1CC(NC2CC3CCCC(C2)N3C)C1OC. The normalized spacial score (nSPS) is 45.1. The van der Waals surface area contributed by atoms with Crippen LogP contribution in [-0.2, 0) is 9.47 Å². The van der Waals surface area contributed by atoms with Crippen LogP contribution in [0.1, 0.15) is 45.4 Å². The van der Waals surface area contributed by atoms with Gasteiger partial charge in [0, 0.05) is 37.9 Å². The molecule has 2 saturated heterocycles. The van der Waals surface area contributed by atoms with Crippen molar-refractivity contribution >= 4 is 0 Å². The number of hydrogen-bond acceptors (Lipinski definition) is 4. The summed E-state index contributed by atoms with van der Waals surface area (Å²) in [6.45, 7) is 2.85. The van der Waals surface area contributed by atoms with Crippen molar-refractivity contribution < 1.29 is 9.47 Å². The first-order chi connectivity index (χ1) is 9.72. The maximum Gasteiger partial charge on any atom is 0.0986 e. The van der Waals surface area contributed by atoms with E-state index < -0.39 is 0 Å². The summed E-state index contributed by atoms with van der Waals surface area (Å²) < 4.78 is 11.3. The van der Waals surface area contributed by atoms with Crippen molar-refractivity contribution in [1.29, 1.82) is 0 Å². The third kappa shape index (κ3) is 2.76. The summed E-state index contributed by atoms with van der Waals surface area (Å²) in [5, 5.41) is 3.86. The van der Waals surface area contributed by atoms with E-state index in [1.54, 1.807) is 0 Å². The third-order valence-corrected chi connectivity index (χ3v) is 5.69. The molecule has 2 aliphatic heterocycles. The lowest BCUT2D eigenvalue weighted by molar-refractivity contribution is -0.135. The Morgan fingerprint density at radius 3 is 2.45 bits per heavy atom. The van der Waals surface area contributed by atoms with Gasteiger partial charge in [-0.1, -0.05) is 6.42 Å². The van der Waals surface area contributed by atoms with Gasteiger partial charge < -0.3 is 19.7 Å². The van der Waals surface area contributed by atoms with E-state index in [-0.39, 0.29) is 6.10 Å². The van der Waals surface area contributed by atoms with Crippen molar-refractivity contribution in [2.45, 2.75) is 81.8 Å². The van der Waals surface area contributed by atoms with E-state index in [4.69, 9.17) is 9.47 Å². The number of fused-ring (bicyclic) bond motifs is 2. The van der Waals surface area contributed by atoms with E-state index in [9.17, 15) is 0 Å². The van der Waals surface area contributed by atoms with Crippen LogP contribution < -0.4 is 5.32 Å². The number of methoxy groups -OCH3 is 1. The lowest BCUT2D eigenvalue weighted by Gasteiger charge is -2.50. The minimum atomic E-state index is 0.245. The molecule has 1 N–H and O–H groups in total. The second kappa shape index (κ2) is 6.30. The van der Waals surface area contributed by atoms with Crippen molar-refractivity contribution in [1.82, 2.24) is 10.2 Å². The molecule has 4 heteroatoms. The van der Waals surface area contributed by atoms with Crippen molar-refractivity contribution in [3.63, 3.8) is 0 Å². The first-order valence-electron chi connectivity index (χ1n) is 8.35. The molecule has 3 fully saturated rings. The standard InChI is InChI=1S/C16H30N2O2/c1-4-20-15-10-14(16(15)19-3)17-11-8-12-6-5-7-13(9-11)18(12)2/h11-17H,4-10H2,1-3H3. The molecule has 3 aliphatic rings. The van der Waals surface area contributed by atoms with Gasteiger partial charge in [0.15, 0.2) is 0 Å². The summed E-state index contributed by atoms with van der Waals surface area (Å²) >= 11 is 0. The molecule has 0 spiro atoms. The van der Waals surface area contributed by atoms with E-state index in [0.29, 0.717) is 18.2 Å². The summed E-state index contributed by atoms with van der Waals surface area (Å²) in [5.41, 5.74) is 0. The lowest BCUT2D eigenvalue weighted by Crippen LogP contribution is -2.64. The predicted octanol–water partition coefficient (Wildman–Crippen LogP) is 1.78. The van der Waals surface area contributed by atoms with Crippen molar-refractivity contribution in [3.05, 3.63) is 0 Å². The Balaban J connectivity index is 1.52. The van der Waals surface area contributed by atoms with E-state index in [1.807, 2.05) is 7.11 Å². The summed E-state index contributed by atoms with van der Waals surface area (Å²) in [6, 6.07) is 2.75. The molecule has 0 amide bonds. The monoisotopic (exact) mass is 282 g/mol. The Hall–Kier alpha value is -0.160. The van der Waals surface area contributed by atoms with Gasteiger partial charge in [0.2, 0.25) is 0 Å². The van der Waals surface area contributed by atoms with Crippen molar-refractivity contribution in [2.75, 3.05) is 20.8 Å². The first kappa shape index (κ1) is 14.8. The van der Waals surface area contributed by atoms with Gasteiger partial charge in [0.25, 0.3) is 0 Å². The molecule has 116 valence electrons. The second-order valence-electron chi connectivity index (χ2n) is 6.78. The highest BCUT2D eigenvalue weighted by atomic mass is 16.5. The molecular formula is C16H30N2O2. The molecule has 2 bridgehead atoms. The van der Waals surface area contributed by atoms with Gasteiger partial charge in [-0.3, -0.25) is 0 Å². The van der Waals surface area contributed by atoms with E-state index in [0.717, 1.165) is 25.1 Å². The van der Waals surface area contributed by atoms with Crippen LogP contribution in [0.25, 0.3) is 0 Å². The number of hydrogen-bond donors (Lipinski definition) is 1. The Kier molecular flexibility index (Phi) is 4.65. The predicted molar refractivity (Wildman–Crippen MR) is 80.0 cm³/mol. The fourth-order valence-corrected chi connectivity index (χ4v) is 4.49. The molecule has 5 atom stereocenters. The molecule has 4 nitrogen and oxygen atoms in total. The van der Waals surface area contributed by atoms with Crippen LogP contribution in [0.5, 0.6) is 0 Å². The Bertz CT molecular complexity index is 312. The third-order valence-electron chi connectivity index (χ3n) is 5.69. The first-order valence-corrected chi connectivity index (χ1v) is 8.35. The molecular weight excluding hydrogens is 252 g/mol. The lowest BCUT2D eigenvalue weighted by atomic mass is 9.79. The zero-order chi connectivity index (χ0) is 14.1. The Labute approximate surface area is 123 Å². The molecule has 0 aromatic heterocycles. The molecule has 2 heterocycles. The highest BCUT2D eigenvalue weighted by Crippen LogP contribution is 2.34. The van der Waals surface area contributed by atoms with Gasteiger partial charge in [0.1, 0.15) is 0 Å². The van der Waals surface area contributed by atoms with Crippen LogP contribution in [0.4, 0.5) is 0 Å². The summed E-state index contributed by atoms with van der Waals surface area (Å²) in [7, 11) is 4.13. The average molecular weight is 282 g/mol. The van der Waals surface area contributed by atoms with Crippen LogP contribution >= 0.6 is 0 Å². The maximum absolute atomic E-state index is 5.72. The maximum atomic E-state index is 5.72. The van der Waals surface area contributed by atoms with Gasteiger partial charge in [-0.2, -0.15) is 0 Å². The summed E-state index contributed by atoms with van der Waals surface area (Å²) in [5.74, 6) is 0. The van der Waals surface area contributed by atoms with Crippen LogP contribution in [0, 0.1) is 0 Å². The molecule has 5 unspecified atom stereocenters. The Morgan fingerprint density at radius 1 is 1.15 bits per heavy atom. The smallest absolute Gasteiger partial charge is 0.0986 e. The van der Waals surface area contributed by atoms with E-state index in [2.05, 4.69) is 24.2 Å². The van der Waals surface area contributed by atoms with Crippen LogP contribution in [0.3, 0.4) is 0 Å². The minimum absolute atomic E-state index is 0.245. The largest absolute Gasteiger partial charge is 0.377 e. The number of ether oxygens (including phenoxy) is 2. The number of nitrogens with one attached hydrogen (secondary N) is 1. The number of piperidine rings is 2. The highest BCUT2D eigenvalue weighted by molar-refractivity contribution is 5.01. The zero-order valence-corrected chi connectivity index (χ0v) is 13.2. The molecule has 0 radical (unpaired) electrons. The fourth-order valence-electron chi connectivity index (χ4n) is 4.49. The molecule has 0 aromatic rings. The molecule has 20 heavy (non-hydrogen) atoms. The van der Waals surface area contributed by atoms with Gasteiger partial charge >= 0.3 is 0 Å². The van der Waals surface area contributed by atoms with Gasteiger partial charge in [-0.25, -0.2) is 0 Å². The van der Waals surface area contributed by atoms with Gasteiger partial charge in [-0.15, -0.1) is 0 Å². The molecule has 0 aromatic carbocycles. The Morgan fingerprint density at radius 2 is 1.85 bits per heavy atom. The van der Waals surface area contributed by atoms with Crippen LogP contribution in [0.15, 0.2) is 0 Å². The topological polar surface area (TPSA) is 33.7 Å². The molecule has 1 saturated carbocycles. The van der Waals surface area contributed by atoms with Gasteiger partial charge in [-0.05, 0) is 46.1 Å². The average Bonchev–Trinajstić information content (AvgIpc) is 2.38. The van der Waals surface area contributed by atoms with Crippen LogP contribution in [0.2, 0.25) is 0 Å². The van der Waals surface area contributed by atoms with Crippen molar-refractivity contribution in [2.24, 2.45) is 0 Å². The number of rotatable bonds is 5.